The van der Waals surface area contributed by atoms with Crippen molar-refractivity contribution in [3.63, 3.8) is 0 Å². The third-order valence-corrected chi connectivity index (χ3v) is 6.37. The molecular formula is C26H50N4O8. The van der Waals surface area contributed by atoms with Crippen molar-refractivity contribution in [3.8, 4) is 0 Å². The van der Waals surface area contributed by atoms with Gasteiger partial charge in [0, 0.05) is 78.5 Å². The van der Waals surface area contributed by atoms with Crippen LogP contribution in [0.5, 0.6) is 0 Å². The molecule has 1 rings (SSSR count). The van der Waals surface area contributed by atoms with Crippen LogP contribution in [0.3, 0.4) is 0 Å². The smallest absolute Gasteiger partial charge is 0.306 e. The lowest BCUT2D eigenvalue weighted by atomic mass is 10.2. The summed E-state index contributed by atoms with van der Waals surface area (Å²) in [6.07, 6.45) is 1.14. The quantitative estimate of drug-likeness (QED) is 0.176. The van der Waals surface area contributed by atoms with Crippen molar-refractivity contribution in [3.05, 3.63) is 0 Å². The van der Waals surface area contributed by atoms with Gasteiger partial charge in [0.2, 0.25) is 0 Å². The molecule has 0 aliphatic carbocycles. The summed E-state index contributed by atoms with van der Waals surface area (Å²) in [4.78, 5) is 55.1. The molecule has 0 unspecified atom stereocenters. The third-order valence-electron chi connectivity index (χ3n) is 6.37. The molecule has 0 saturated carbocycles. The molecule has 0 aromatic heterocycles. The van der Waals surface area contributed by atoms with Gasteiger partial charge in [0.1, 0.15) is 0 Å². The highest BCUT2D eigenvalue weighted by atomic mass is 16.5. The second-order valence-corrected chi connectivity index (χ2v) is 8.67. The first-order valence-corrected chi connectivity index (χ1v) is 13.5. The van der Waals surface area contributed by atoms with Gasteiger partial charge in [-0.15, -0.1) is 0 Å². The number of ether oxygens (including phenoxy) is 4. The first-order chi connectivity index (χ1) is 18.3. The molecule has 0 aromatic carbocycles. The van der Waals surface area contributed by atoms with Crippen molar-refractivity contribution in [2.45, 2.75) is 39.5 Å². The molecule has 0 aromatic rings. The number of esters is 4. The van der Waals surface area contributed by atoms with Gasteiger partial charge < -0.3 is 28.7 Å². The van der Waals surface area contributed by atoms with Crippen LogP contribution in [0.2, 0.25) is 0 Å². The van der Waals surface area contributed by atoms with E-state index in [-0.39, 0.29) is 49.6 Å². The number of methoxy groups -OCH3 is 4. The molecule has 222 valence electrons. The minimum atomic E-state index is -0.265. The predicted molar refractivity (Wildman–Crippen MR) is 144 cm³/mol. The van der Waals surface area contributed by atoms with Crippen LogP contribution in [-0.4, -0.2) is 150 Å². The second-order valence-electron chi connectivity index (χ2n) is 8.67. The number of carbonyl (C=O) groups is 4. The van der Waals surface area contributed by atoms with E-state index in [2.05, 4.69) is 19.6 Å². The lowest BCUT2D eigenvalue weighted by Gasteiger charge is -2.36. The normalized spacial score (nSPS) is 14.0. The minimum Gasteiger partial charge on any atom is -0.469 e. The standard InChI is InChI=1S/C24H44N4O8.C2H6/c1-33-21(29)5-9-25(10-6-22(30)34-2)13-15-27-17-19-28(20-18-27)16-14-26(11-7-23(31)35-3)12-8-24(32)36-4;1-2/h5-20H2,1-4H3;1-2H3. The average Bonchev–Trinajstić information content (AvgIpc) is 2.96. The summed E-state index contributed by atoms with van der Waals surface area (Å²) >= 11 is 0. The first-order valence-electron chi connectivity index (χ1n) is 13.5. The lowest BCUT2D eigenvalue weighted by Crippen LogP contribution is -2.50. The lowest BCUT2D eigenvalue weighted by molar-refractivity contribution is -0.142. The summed E-state index contributed by atoms with van der Waals surface area (Å²) < 4.78 is 18.9. The molecule has 0 spiro atoms. The summed E-state index contributed by atoms with van der Waals surface area (Å²) in [5, 5.41) is 0. The summed E-state index contributed by atoms with van der Waals surface area (Å²) in [5.74, 6) is -1.06. The Kier molecular flexibility index (Phi) is 21.3. The monoisotopic (exact) mass is 546 g/mol. The summed E-state index contributed by atoms with van der Waals surface area (Å²) in [6, 6.07) is 0. The van der Waals surface area contributed by atoms with Gasteiger partial charge in [0.25, 0.3) is 0 Å². The Labute approximate surface area is 228 Å². The van der Waals surface area contributed by atoms with Crippen LogP contribution in [0.4, 0.5) is 0 Å². The summed E-state index contributed by atoms with van der Waals surface area (Å²) in [6.45, 7) is 13.0. The molecule has 12 heteroatoms. The number of carbonyl (C=O) groups excluding carboxylic acids is 4. The molecule has 1 aliphatic rings. The fraction of sp³-hybridized carbons (Fsp3) is 0.846. The Balaban J connectivity index is 0.00000667. The fourth-order valence-electron chi connectivity index (χ4n) is 3.88. The van der Waals surface area contributed by atoms with E-state index in [0.29, 0.717) is 26.2 Å². The largest absolute Gasteiger partial charge is 0.469 e. The van der Waals surface area contributed by atoms with E-state index < -0.39 is 0 Å². The molecule has 1 heterocycles. The molecule has 1 aliphatic heterocycles. The van der Waals surface area contributed by atoms with Crippen LogP contribution in [-0.2, 0) is 38.1 Å². The number of rotatable bonds is 18. The van der Waals surface area contributed by atoms with Crippen LogP contribution < -0.4 is 0 Å². The number of nitrogens with zero attached hydrogens (tertiary/aromatic N) is 4. The zero-order valence-corrected chi connectivity index (χ0v) is 24.4. The topological polar surface area (TPSA) is 118 Å². The summed E-state index contributed by atoms with van der Waals surface area (Å²) in [7, 11) is 5.49. The molecular weight excluding hydrogens is 496 g/mol. The van der Waals surface area contributed by atoms with Crippen molar-refractivity contribution in [2.75, 3.05) is 107 Å². The third kappa shape index (κ3) is 17.3. The van der Waals surface area contributed by atoms with Crippen LogP contribution in [0.25, 0.3) is 0 Å². The van der Waals surface area contributed by atoms with Crippen molar-refractivity contribution in [2.24, 2.45) is 0 Å². The van der Waals surface area contributed by atoms with Crippen molar-refractivity contribution in [1.82, 2.24) is 19.6 Å². The van der Waals surface area contributed by atoms with Crippen molar-refractivity contribution >= 4 is 23.9 Å². The zero-order valence-electron chi connectivity index (χ0n) is 24.4. The zero-order chi connectivity index (χ0) is 28.8. The molecule has 12 nitrogen and oxygen atoms in total. The Bertz CT molecular complexity index is 576. The van der Waals surface area contributed by atoms with Gasteiger partial charge in [-0.3, -0.25) is 29.0 Å². The molecule has 0 N–H and O–H groups in total. The maximum atomic E-state index is 11.5. The Hall–Kier alpha value is -2.28. The average molecular weight is 547 g/mol. The Morgan fingerprint density at radius 3 is 0.947 bits per heavy atom. The molecule has 38 heavy (non-hydrogen) atoms. The van der Waals surface area contributed by atoms with Crippen molar-refractivity contribution < 1.29 is 38.1 Å². The molecule has 1 fully saturated rings. The predicted octanol–water partition coefficient (Wildman–Crippen LogP) is 0.487. The van der Waals surface area contributed by atoms with Crippen LogP contribution in [0.15, 0.2) is 0 Å². The highest BCUT2D eigenvalue weighted by Gasteiger charge is 2.20. The molecule has 0 atom stereocenters. The van der Waals surface area contributed by atoms with Crippen LogP contribution in [0.1, 0.15) is 39.5 Å². The number of hydrogen-bond donors (Lipinski definition) is 0. The highest BCUT2D eigenvalue weighted by Crippen LogP contribution is 2.05. The van der Waals surface area contributed by atoms with E-state index in [1.165, 1.54) is 28.4 Å². The number of hydrogen-bond acceptors (Lipinski definition) is 12. The van der Waals surface area contributed by atoms with E-state index in [9.17, 15) is 19.2 Å². The van der Waals surface area contributed by atoms with Crippen LogP contribution >= 0.6 is 0 Å². The van der Waals surface area contributed by atoms with E-state index >= 15 is 0 Å². The second kappa shape index (κ2) is 22.7. The fourth-order valence-corrected chi connectivity index (χ4v) is 3.88. The van der Waals surface area contributed by atoms with Crippen molar-refractivity contribution in [1.29, 1.82) is 0 Å². The van der Waals surface area contributed by atoms with Gasteiger partial charge in [-0.25, -0.2) is 0 Å². The number of piperazine rings is 1. The molecule has 0 amide bonds. The van der Waals surface area contributed by atoms with Gasteiger partial charge in [0.15, 0.2) is 0 Å². The van der Waals surface area contributed by atoms with E-state index in [1.54, 1.807) is 0 Å². The highest BCUT2D eigenvalue weighted by molar-refractivity contribution is 5.70. The molecule has 1 saturated heterocycles. The van der Waals surface area contributed by atoms with Crippen LogP contribution in [0, 0.1) is 0 Å². The Morgan fingerprint density at radius 1 is 0.500 bits per heavy atom. The van der Waals surface area contributed by atoms with E-state index in [0.717, 1.165) is 52.4 Å². The molecule has 0 bridgehead atoms. The summed E-state index contributed by atoms with van der Waals surface area (Å²) in [5.41, 5.74) is 0. The minimum absolute atomic E-state index is 0.265. The molecule has 0 radical (unpaired) electrons. The maximum absolute atomic E-state index is 11.5. The first kappa shape index (κ1) is 35.7. The van der Waals surface area contributed by atoms with Gasteiger partial charge in [-0.2, -0.15) is 0 Å². The van der Waals surface area contributed by atoms with Gasteiger partial charge in [-0.1, -0.05) is 13.8 Å². The van der Waals surface area contributed by atoms with E-state index in [4.69, 9.17) is 18.9 Å². The van der Waals surface area contributed by atoms with Gasteiger partial charge >= 0.3 is 23.9 Å². The maximum Gasteiger partial charge on any atom is 0.306 e. The van der Waals surface area contributed by atoms with E-state index in [1.807, 2.05) is 13.8 Å². The Morgan fingerprint density at radius 2 is 0.737 bits per heavy atom. The van der Waals surface area contributed by atoms with Gasteiger partial charge in [-0.05, 0) is 0 Å². The van der Waals surface area contributed by atoms with Gasteiger partial charge in [0.05, 0.1) is 54.1 Å². The SMILES string of the molecule is CC.COC(=O)CCN(CCC(=O)OC)CCN1CCN(CCN(CCC(=O)OC)CCC(=O)OC)CC1.